The van der Waals surface area contributed by atoms with Crippen LogP contribution in [0.2, 0.25) is 0 Å². The van der Waals surface area contributed by atoms with Crippen LogP contribution in [0, 0.1) is 6.92 Å². The molecule has 0 spiro atoms. The minimum atomic E-state index is -3.73. The molecule has 2 aliphatic heterocycles. The first-order valence-electron chi connectivity index (χ1n) is 10.5. The van der Waals surface area contributed by atoms with E-state index in [2.05, 4.69) is 14.4 Å². The average Bonchev–Trinajstić information content (AvgIpc) is 3.36. The van der Waals surface area contributed by atoms with E-state index >= 15 is 0 Å². The minimum absolute atomic E-state index is 0.0959. The Morgan fingerprint density at radius 3 is 2.72 bits per heavy atom. The molecule has 164 valence electrons. The number of nitrogens with zero attached hydrogens (tertiary/aromatic N) is 5. The van der Waals surface area contributed by atoms with Gasteiger partial charge in [0.05, 0.1) is 12.1 Å². The zero-order chi connectivity index (χ0) is 22.5. The van der Waals surface area contributed by atoms with Gasteiger partial charge >= 0.3 is 0 Å². The lowest BCUT2D eigenvalue weighted by molar-refractivity contribution is -0.134. The van der Waals surface area contributed by atoms with Crippen molar-refractivity contribution >= 4 is 32.7 Å². The van der Waals surface area contributed by atoms with Crippen LogP contribution in [0.1, 0.15) is 29.9 Å². The summed E-state index contributed by atoms with van der Waals surface area (Å²) in [4.78, 5) is 26.2. The number of likely N-dealkylation sites (tertiary alicyclic amines) is 1. The van der Waals surface area contributed by atoms with E-state index in [0.717, 1.165) is 23.0 Å². The highest BCUT2D eigenvalue weighted by atomic mass is 32.2. The van der Waals surface area contributed by atoms with E-state index in [1.54, 1.807) is 36.2 Å². The van der Waals surface area contributed by atoms with Crippen LogP contribution in [0.4, 0.5) is 0 Å². The Kier molecular flexibility index (Phi) is 4.93. The molecule has 1 atom stereocenters. The highest BCUT2D eigenvalue weighted by Gasteiger charge is 2.40. The van der Waals surface area contributed by atoms with Crippen LogP contribution >= 0.6 is 0 Å². The maximum atomic E-state index is 13.4. The molecule has 32 heavy (non-hydrogen) atoms. The van der Waals surface area contributed by atoms with E-state index in [4.69, 9.17) is 0 Å². The van der Waals surface area contributed by atoms with Gasteiger partial charge in [-0.1, -0.05) is 30.3 Å². The van der Waals surface area contributed by atoms with Gasteiger partial charge in [0.25, 0.3) is 10.0 Å². The van der Waals surface area contributed by atoms with E-state index in [1.165, 1.54) is 0 Å². The van der Waals surface area contributed by atoms with Gasteiger partial charge in [0.15, 0.2) is 5.84 Å². The molecule has 0 radical (unpaired) electrons. The van der Waals surface area contributed by atoms with Crippen LogP contribution in [0.3, 0.4) is 0 Å². The number of benzene rings is 2. The molecular weight excluding hydrogens is 426 g/mol. The summed E-state index contributed by atoms with van der Waals surface area (Å²) in [5.74, 6) is 0.844. The van der Waals surface area contributed by atoms with Crippen molar-refractivity contribution in [3.05, 3.63) is 65.6 Å². The Morgan fingerprint density at radius 2 is 1.88 bits per heavy atom. The smallest absolute Gasteiger partial charge is 0.285 e. The number of aromatic nitrogens is 2. The molecule has 2 aliphatic rings. The molecule has 1 aromatic heterocycles. The third-order valence-electron chi connectivity index (χ3n) is 6.02. The van der Waals surface area contributed by atoms with Crippen LogP contribution in [0.15, 0.2) is 57.8 Å². The standard InChI is InChI=1S/C23H23N5O3S/c1-15-16-8-3-5-10-18(16)25-21(24-15)14-27(2)23(29)19-11-7-13-28(19)22-17-9-4-6-12-20(17)32(30,31)26-22/h3-6,8-10,12,19H,7,11,13-14H2,1-2H3/t19-/m0/s1. The fourth-order valence-corrected chi connectivity index (χ4v) is 5.70. The number of amidine groups is 1. The predicted molar refractivity (Wildman–Crippen MR) is 121 cm³/mol. The molecule has 9 heteroatoms. The Labute approximate surface area is 186 Å². The maximum absolute atomic E-state index is 13.4. The number of fused-ring (bicyclic) bond motifs is 2. The number of aryl methyl sites for hydroxylation is 1. The minimum Gasteiger partial charge on any atom is -0.343 e. The van der Waals surface area contributed by atoms with Gasteiger partial charge in [0.1, 0.15) is 16.8 Å². The van der Waals surface area contributed by atoms with E-state index < -0.39 is 16.1 Å². The second kappa shape index (κ2) is 7.67. The van der Waals surface area contributed by atoms with Crippen molar-refractivity contribution in [1.82, 2.24) is 19.8 Å². The summed E-state index contributed by atoms with van der Waals surface area (Å²) in [7, 11) is -2.00. The van der Waals surface area contributed by atoms with E-state index in [1.807, 2.05) is 36.1 Å². The van der Waals surface area contributed by atoms with Crippen molar-refractivity contribution in [1.29, 1.82) is 0 Å². The van der Waals surface area contributed by atoms with Gasteiger partial charge < -0.3 is 9.80 Å². The zero-order valence-electron chi connectivity index (χ0n) is 17.9. The molecule has 0 saturated carbocycles. The van der Waals surface area contributed by atoms with Crippen molar-refractivity contribution in [3.63, 3.8) is 0 Å². The van der Waals surface area contributed by atoms with Crippen LogP contribution in [0.25, 0.3) is 10.9 Å². The van der Waals surface area contributed by atoms with E-state index in [0.29, 0.717) is 30.2 Å². The Hall–Kier alpha value is -3.33. The Bertz CT molecular complexity index is 1370. The quantitative estimate of drug-likeness (QED) is 0.610. The van der Waals surface area contributed by atoms with Gasteiger partial charge in [-0.25, -0.2) is 9.97 Å². The van der Waals surface area contributed by atoms with Gasteiger partial charge in [0, 0.05) is 30.2 Å². The number of carbonyl (C=O) groups is 1. The summed E-state index contributed by atoms with van der Waals surface area (Å²) in [6, 6.07) is 14.1. The summed E-state index contributed by atoms with van der Waals surface area (Å²) in [6.45, 7) is 2.79. The predicted octanol–water partition coefficient (Wildman–Crippen LogP) is 2.51. The van der Waals surface area contributed by atoms with E-state index in [9.17, 15) is 13.2 Å². The number of carbonyl (C=O) groups excluding carboxylic acids is 1. The number of para-hydroxylation sites is 1. The van der Waals surface area contributed by atoms with Gasteiger partial charge in [0.2, 0.25) is 5.91 Å². The van der Waals surface area contributed by atoms with Crippen LogP contribution in [-0.4, -0.2) is 59.6 Å². The second-order valence-corrected chi connectivity index (χ2v) is 9.75. The van der Waals surface area contributed by atoms with Crippen molar-refractivity contribution in [3.8, 4) is 0 Å². The van der Waals surface area contributed by atoms with E-state index in [-0.39, 0.29) is 17.3 Å². The average molecular weight is 450 g/mol. The summed E-state index contributed by atoms with van der Waals surface area (Å²) in [6.07, 6.45) is 1.43. The molecule has 0 N–H and O–H groups in total. The number of amides is 1. The largest absolute Gasteiger partial charge is 0.343 e. The lowest BCUT2D eigenvalue weighted by Crippen LogP contribution is -2.46. The molecule has 0 unspecified atom stereocenters. The molecule has 0 bridgehead atoms. The normalized spacial score (nSPS) is 19.1. The monoisotopic (exact) mass is 449 g/mol. The van der Waals surface area contributed by atoms with Gasteiger partial charge in [-0.3, -0.25) is 4.79 Å². The second-order valence-electron chi connectivity index (χ2n) is 8.17. The SMILES string of the molecule is Cc1nc(CN(C)C(=O)[C@@H]2CCCN2C2=NS(=O)(=O)c3ccccc32)nc2ccccc12. The molecule has 2 aromatic carbocycles. The lowest BCUT2D eigenvalue weighted by Gasteiger charge is -2.29. The molecule has 8 nitrogen and oxygen atoms in total. The molecule has 0 aliphatic carbocycles. The molecule has 3 heterocycles. The fourth-order valence-electron chi connectivity index (χ4n) is 4.48. The molecule has 1 amide bonds. The van der Waals surface area contributed by atoms with Crippen LogP contribution in [0.5, 0.6) is 0 Å². The van der Waals surface area contributed by atoms with Gasteiger partial charge in [-0.15, -0.1) is 4.40 Å². The summed E-state index contributed by atoms with van der Waals surface area (Å²) in [5, 5.41) is 0.992. The lowest BCUT2D eigenvalue weighted by atomic mass is 10.1. The first kappa shape index (κ1) is 20.6. The number of hydrogen-bond acceptors (Lipinski definition) is 6. The molecule has 1 fully saturated rings. The number of sulfonamides is 1. The number of hydrogen-bond donors (Lipinski definition) is 0. The highest BCUT2D eigenvalue weighted by Crippen LogP contribution is 2.31. The molecule has 3 aromatic rings. The third kappa shape index (κ3) is 3.42. The van der Waals surface area contributed by atoms with Crippen molar-refractivity contribution in [2.24, 2.45) is 4.40 Å². The number of rotatable bonds is 3. The summed E-state index contributed by atoms with van der Waals surface area (Å²) in [5.41, 5.74) is 2.28. The third-order valence-corrected chi connectivity index (χ3v) is 7.34. The zero-order valence-corrected chi connectivity index (χ0v) is 18.7. The van der Waals surface area contributed by atoms with Crippen molar-refractivity contribution < 1.29 is 13.2 Å². The van der Waals surface area contributed by atoms with Gasteiger partial charge in [-0.05, 0) is 38.0 Å². The molecule has 1 saturated heterocycles. The molecular formula is C23H23N5O3S. The Balaban J connectivity index is 1.40. The topological polar surface area (TPSA) is 95.8 Å². The van der Waals surface area contributed by atoms with Crippen molar-refractivity contribution in [2.45, 2.75) is 37.2 Å². The van der Waals surface area contributed by atoms with Crippen LogP contribution < -0.4 is 0 Å². The highest BCUT2D eigenvalue weighted by molar-refractivity contribution is 7.90. The van der Waals surface area contributed by atoms with Gasteiger partial charge in [-0.2, -0.15) is 8.42 Å². The first-order chi connectivity index (χ1) is 15.3. The maximum Gasteiger partial charge on any atom is 0.285 e. The summed E-state index contributed by atoms with van der Waals surface area (Å²) >= 11 is 0. The fraction of sp³-hybridized carbons (Fsp3) is 0.304. The summed E-state index contributed by atoms with van der Waals surface area (Å²) < 4.78 is 29.0. The molecule has 5 rings (SSSR count). The van der Waals surface area contributed by atoms with Crippen LogP contribution in [-0.2, 0) is 21.4 Å². The van der Waals surface area contributed by atoms with Crippen molar-refractivity contribution in [2.75, 3.05) is 13.6 Å². The Morgan fingerprint density at radius 1 is 1.12 bits per heavy atom. The first-order valence-corrected chi connectivity index (χ1v) is 12.0. The number of likely N-dealkylation sites (N-methyl/N-ethyl adjacent to an activating group) is 1.